The number of aromatic hydroxyl groups is 7. The molecule has 0 saturated heterocycles. The van der Waals surface area contributed by atoms with Crippen molar-refractivity contribution in [3.63, 3.8) is 0 Å². The first kappa shape index (κ1) is 95.2. The van der Waals surface area contributed by atoms with E-state index in [0.717, 1.165) is 69.6 Å². The number of phenols is 7. The molecule has 9 rings (SSSR count). The molecule has 0 aliphatic carbocycles. The first-order chi connectivity index (χ1) is 53.8. The lowest BCUT2D eigenvalue weighted by Crippen LogP contribution is -2.24. The SMILES string of the molecule is C=CC(=O)OCCCC.CC(=O)c1ccccc1O.CCCCOC(=O)/C=C\c1ccccc1O.CCCCOC(=O)C(C)C(=O)c1ccccc1O.CCCCOC(=O)CCC(=O)c1ccccc1O.CCCCOC(=O)c1ccccc1O.O=C(c1ccccc1O)c1ccccc1O.O=c1occc2ccccc12. The molecule has 0 amide bonds. The molecule has 0 saturated carbocycles. The number of benzene rings is 8. The van der Waals surface area contributed by atoms with Gasteiger partial charge in [-0.1, -0.05) is 182 Å². The van der Waals surface area contributed by atoms with E-state index in [2.05, 4.69) is 15.7 Å². The molecular weight excluding hydrogens is 1440 g/mol. The summed E-state index contributed by atoms with van der Waals surface area (Å²) in [7, 11) is 0. The van der Waals surface area contributed by atoms with Crippen LogP contribution in [0.1, 0.15) is 188 Å². The molecule has 1 unspecified atom stereocenters. The molecule has 1 heterocycles. The molecule has 0 aliphatic heterocycles. The van der Waals surface area contributed by atoms with Crippen LogP contribution in [0.15, 0.2) is 234 Å². The third-order valence-electron chi connectivity index (χ3n) is 15.2. The number of hydrogen-bond donors (Lipinski definition) is 7. The van der Waals surface area contributed by atoms with Crippen LogP contribution in [0.5, 0.6) is 40.2 Å². The van der Waals surface area contributed by atoms with Crippen LogP contribution in [-0.4, -0.2) is 122 Å². The molecule has 0 bridgehead atoms. The maximum absolute atomic E-state index is 12.0. The Morgan fingerprint density at radius 2 is 0.786 bits per heavy atom. The van der Waals surface area contributed by atoms with E-state index in [0.29, 0.717) is 49.5 Å². The van der Waals surface area contributed by atoms with Gasteiger partial charge in [-0.2, -0.15) is 0 Å². The number of phenolic OH excluding ortho intramolecular Hbond substituents is 7. The molecule has 112 heavy (non-hydrogen) atoms. The summed E-state index contributed by atoms with van der Waals surface area (Å²) < 4.78 is 29.2. The lowest BCUT2D eigenvalue weighted by Gasteiger charge is -2.11. The monoisotopic (exact) mass is 1540 g/mol. The van der Waals surface area contributed by atoms with Crippen molar-refractivity contribution in [2.75, 3.05) is 33.0 Å². The summed E-state index contributed by atoms with van der Waals surface area (Å²) in [6.45, 7) is 18.4. The molecule has 0 aliphatic rings. The van der Waals surface area contributed by atoms with Gasteiger partial charge in [-0.15, -0.1) is 0 Å². The van der Waals surface area contributed by atoms with Crippen LogP contribution in [0.25, 0.3) is 16.8 Å². The zero-order chi connectivity index (χ0) is 83.0. The van der Waals surface area contributed by atoms with Crippen LogP contribution in [0.4, 0.5) is 0 Å². The normalized spacial score (nSPS) is 10.2. The summed E-state index contributed by atoms with van der Waals surface area (Å²) in [5.74, 6) is -4.33. The predicted octanol–water partition coefficient (Wildman–Crippen LogP) is 17.6. The number of Topliss-reactive ketones (excluding diaryl/α,β-unsaturated/α-hetero) is 3. The highest BCUT2D eigenvalue weighted by Gasteiger charge is 2.26. The largest absolute Gasteiger partial charge is 0.507 e. The molecule has 7 N–H and O–H groups in total. The van der Waals surface area contributed by atoms with Crippen molar-refractivity contribution < 1.29 is 107 Å². The van der Waals surface area contributed by atoms with Crippen molar-refractivity contribution in [2.24, 2.45) is 5.92 Å². The first-order valence-corrected chi connectivity index (χ1v) is 36.5. The quantitative estimate of drug-likeness (QED) is 0.00572. The topological polar surface area (TPSA) is 372 Å². The molecule has 23 heteroatoms. The average molecular weight is 1540 g/mol. The molecular formula is C89H102O23. The van der Waals surface area contributed by atoms with Crippen LogP contribution in [0, 0.1) is 5.92 Å². The summed E-state index contributed by atoms with van der Waals surface area (Å²) >= 11 is 0. The molecule has 1 atom stereocenters. The molecule has 0 fully saturated rings. The van der Waals surface area contributed by atoms with Gasteiger partial charge in [0.2, 0.25) is 0 Å². The first-order valence-electron chi connectivity index (χ1n) is 36.5. The Bertz CT molecular complexity index is 4420. The number of ether oxygens (including phenoxy) is 5. The summed E-state index contributed by atoms with van der Waals surface area (Å²) in [5.41, 5.74) is 1.70. The van der Waals surface area contributed by atoms with Crippen molar-refractivity contribution in [2.45, 2.75) is 126 Å². The van der Waals surface area contributed by atoms with Gasteiger partial charge in [0.05, 0.1) is 78.9 Å². The Balaban J connectivity index is 0.000000438. The number of fused-ring (bicyclic) bond motifs is 1. The summed E-state index contributed by atoms with van der Waals surface area (Å²) in [5, 5.41) is 67.5. The third kappa shape index (κ3) is 37.7. The minimum absolute atomic E-state index is 0.0333. The highest BCUT2D eigenvalue weighted by atomic mass is 16.5. The minimum Gasteiger partial charge on any atom is -0.507 e. The van der Waals surface area contributed by atoms with Gasteiger partial charge >= 0.3 is 35.5 Å². The van der Waals surface area contributed by atoms with Crippen LogP contribution < -0.4 is 5.63 Å². The number of para-hydroxylation sites is 7. The Morgan fingerprint density at radius 1 is 0.411 bits per heavy atom. The van der Waals surface area contributed by atoms with E-state index in [1.807, 2.05) is 52.8 Å². The Labute approximate surface area is 653 Å². The molecule has 0 spiro atoms. The fourth-order valence-electron chi connectivity index (χ4n) is 8.80. The van der Waals surface area contributed by atoms with Crippen molar-refractivity contribution in [3.05, 3.63) is 275 Å². The van der Waals surface area contributed by atoms with Gasteiger partial charge in [0.15, 0.2) is 23.1 Å². The van der Waals surface area contributed by atoms with E-state index < -0.39 is 29.4 Å². The van der Waals surface area contributed by atoms with Crippen molar-refractivity contribution >= 4 is 69.8 Å². The van der Waals surface area contributed by atoms with Gasteiger partial charge in [0, 0.05) is 24.1 Å². The molecule has 9 aromatic rings. The van der Waals surface area contributed by atoms with Crippen molar-refractivity contribution in [1.82, 2.24) is 0 Å². The fraction of sp³-hybridized carbons (Fsp3) is 0.281. The highest BCUT2D eigenvalue weighted by molar-refractivity contribution is 6.12. The second-order valence-electron chi connectivity index (χ2n) is 24.0. The number of rotatable bonds is 29. The van der Waals surface area contributed by atoms with E-state index in [9.17, 15) is 78.6 Å². The summed E-state index contributed by atoms with van der Waals surface area (Å²) in [6, 6.07) is 53.8. The Kier molecular flexibility index (Phi) is 47.9. The number of esters is 5. The van der Waals surface area contributed by atoms with E-state index in [4.69, 9.17) is 24.1 Å². The highest BCUT2D eigenvalue weighted by Crippen LogP contribution is 2.26. The summed E-state index contributed by atoms with van der Waals surface area (Å²) in [4.78, 5) is 113. The smallest absolute Gasteiger partial charge is 0.343 e. The standard InChI is InChI=1S/2C14H18O4.C13H10O3.C13H16O3.C11H14O3.C9H6O2.C8H8O2.C7H12O2/c1-3-4-9-18-14(17)10(2)13(16)11-7-5-6-8-12(11)15;1-2-3-10-18-14(17)9-8-13(16)11-6-4-5-7-12(11)15;14-11-7-3-1-5-9(11)13(16)10-6-2-4-8-12(10)15;1-2-3-10-16-13(15)9-8-11-6-4-5-7-12(11)14;1-2-3-8-14-11(13)9-6-4-5-7-10(9)12;10-9-8-4-2-1-3-7(8)5-6-11-9;1-6(9)7-4-2-3-5-8(7)10;1-3-5-6-9-7(8)4-2/h5-8,10,15H,3-4,9H2,1-2H3;4-7,15H,2-3,8-10H2,1H3;1-8,14-15H;4-9,14H,2-3,10H2,1H3;4-7,12H,2-3,8H2,1H3;1-6H;2-5,10H,1H3;4H,2-3,5-6H2,1H3/b;;;9-8-;;;;. The Morgan fingerprint density at radius 3 is 1.21 bits per heavy atom. The molecule has 596 valence electrons. The summed E-state index contributed by atoms with van der Waals surface area (Å²) in [6.07, 6.45) is 14.7. The minimum atomic E-state index is -0.893. The van der Waals surface area contributed by atoms with Crippen molar-refractivity contribution in [1.29, 1.82) is 0 Å². The van der Waals surface area contributed by atoms with E-state index in [1.54, 1.807) is 133 Å². The van der Waals surface area contributed by atoms with Crippen molar-refractivity contribution in [3.8, 4) is 40.2 Å². The number of unbranched alkanes of at least 4 members (excludes halogenated alkanes) is 5. The zero-order valence-corrected chi connectivity index (χ0v) is 64.3. The zero-order valence-electron chi connectivity index (χ0n) is 64.3. The number of carbonyl (C=O) groups is 9. The number of hydrogen-bond acceptors (Lipinski definition) is 23. The van der Waals surface area contributed by atoms with Crippen LogP contribution in [0.3, 0.4) is 0 Å². The van der Waals surface area contributed by atoms with Gasteiger partial charge in [-0.25, -0.2) is 19.2 Å². The fourth-order valence-corrected chi connectivity index (χ4v) is 8.80. The Hall–Kier alpha value is -12.9. The average Bonchev–Trinajstić information content (AvgIpc) is 0.824. The van der Waals surface area contributed by atoms with Crippen LogP contribution in [-0.2, 0) is 42.9 Å². The van der Waals surface area contributed by atoms with Crippen LogP contribution in [0.2, 0.25) is 0 Å². The lowest BCUT2D eigenvalue weighted by atomic mass is 9.99. The lowest BCUT2D eigenvalue weighted by molar-refractivity contribution is -0.146. The van der Waals surface area contributed by atoms with E-state index >= 15 is 0 Å². The van der Waals surface area contributed by atoms with E-state index in [-0.39, 0.29) is 116 Å². The van der Waals surface area contributed by atoms with E-state index in [1.165, 1.54) is 86.9 Å². The van der Waals surface area contributed by atoms with Gasteiger partial charge in [0.25, 0.3) is 0 Å². The van der Waals surface area contributed by atoms with Gasteiger partial charge in [-0.05, 0) is 148 Å². The predicted molar refractivity (Wildman–Crippen MR) is 428 cm³/mol. The molecule has 23 nitrogen and oxygen atoms in total. The van der Waals surface area contributed by atoms with Crippen LogP contribution >= 0.6 is 0 Å². The number of carbonyl (C=O) groups excluding carboxylic acids is 9. The van der Waals surface area contributed by atoms with Gasteiger partial charge < -0.3 is 63.8 Å². The third-order valence-corrected chi connectivity index (χ3v) is 15.2. The maximum Gasteiger partial charge on any atom is 0.343 e. The van der Waals surface area contributed by atoms with Gasteiger partial charge in [-0.3, -0.25) is 28.8 Å². The molecule has 0 radical (unpaired) electrons. The molecule has 8 aromatic carbocycles. The second kappa shape index (κ2) is 56.3. The second-order valence-corrected chi connectivity index (χ2v) is 24.0. The maximum atomic E-state index is 12.0. The van der Waals surface area contributed by atoms with Gasteiger partial charge in [0.1, 0.15) is 51.7 Å². The molecule has 1 aromatic heterocycles. The number of ketones is 4.